The smallest absolute Gasteiger partial charge is 0.345 e. The number of piperidine rings is 1. The number of amides is 1. The van der Waals surface area contributed by atoms with Gasteiger partial charge in [0, 0.05) is 55.2 Å². The van der Waals surface area contributed by atoms with Crippen LogP contribution in [-0.4, -0.2) is 47.0 Å². The third-order valence-electron chi connectivity index (χ3n) is 5.43. The average molecular weight is 352 g/mol. The van der Waals surface area contributed by atoms with Gasteiger partial charge in [0.25, 0.3) is 5.91 Å². The molecule has 1 N–H and O–H groups in total. The van der Waals surface area contributed by atoms with Crippen molar-refractivity contribution in [3.8, 4) is 0 Å². The van der Waals surface area contributed by atoms with Gasteiger partial charge in [-0.05, 0) is 56.0 Å². The number of benzene rings is 1. The minimum Gasteiger partial charge on any atom is -0.372 e. The van der Waals surface area contributed by atoms with Crippen molar-refractivity contribution in [2.24, 2.45) is 0 Å². The Bertz CT molecular complexity index is 824. The molecule has 1 aromatic heterocycles. The summed E-state index contributed by atoms with van der Waals surface area (Å²) in [6.45, 7) is 3.60. The Morgan fingerprint density at radius 1 is 1.04 bits per heavy atom. The number of likely N-dealkylation sites (tertiary alicyclic amines) is 1. The lowest BCUT2D eigenvalue weighted by Crippen LogP contribution is -2.39. The monoisotopic (exact) mass is 352 g/mol. The molecule has 26 heavy (non-hydrogen) atoms. The number of carbonyl (C=O) groups excluding carboxylic acids is 1. The van der Waals surface area contributed by atoms with Crippen molar-refractivity contribution in [1.82, 2.24) is 14.9 Å². The van der Waals surface area contributed by atoms with E-state index in [-0.39, 0.29) is 17.5 Å². The van der Waals surface area contributed by atoms with E-state index in [4.69, 9.17) is 0 Å². The number of hydrogen-bond donors (Lipinski definition) is 1. The number of H-pyrrole nitrogens is 1. The SMILES string of the molecule is O=C(c1ccc(N2CCCC2)cc1)N1CCC[C@H](c2ccnc(=O)[nH]2)C1. The van der Waals surface area contributed by atoms with Crippen molar-refractivity contribution in [1.29, 1.82) is 0 Å². The molecule has 6 nitrogen and oxygen atoms in total. The second-order valence-electron chi connectivity index (χ2n) is 7.16. The Morgan fingerprint density at radius 2 is 1.81 bits per heavy atom. The lowest BCUT2D eigenvalue weighted by molar-refractivity contribution is 0.0706. The molecular weight excluding hydrogens is 328 g/mol. The minimum atomic E-state index is -0.330. The van der Waals surface area contributed by atoms with Gasteiger partial charge in [0.15, 0.2) is 0 Å². The molecule has 2 saturated heterocycles. The molecule has 0 unspecified atom stereocenters. The molecule has 2 aliphatic heterocycles. The van der Waals surface area contributed by atoms with Crippen LogP contribution < -0.4 is 10.6 Å². The highest BCUT2D eigenvalue weighted by Gasteiger charge is 2.26. The first-order chi connectivity index (χ1) is 12.7. The summed E-state index contributed by atoms with van der Waals surface area (Å²) in [5, 5.41) is 0. The number of nitrogens with one attached hydrogen (secondary N) is 1. The van der Waals surface area contributed by atoms with Crippen LogP contribution in [0.25, 0.3) is 0 Å². The van der Waals surface area contributed by atoms with Gasteiger partial charge in [0.2, 0.25) is 0 Å². The standard InChI is InChI=1S/C20H24N4O2/c25-19(15-5-7-17(8-6-15)23-11-1-2-12-23)24-13-3-4-16(14-24)18-9-10-21-20(26)22-18/h5-10,16H,1-4,11-14H2,(H,21,22,26)/t16-/m0/s1. The minimum absolute atomic E-state index is 0.0686. The molecule has 2 fully saturated rings. The van der Waals surface area contributed by atoms with E-state index >= 15 is 0 Å². The van der Waals surface area contributed by atoms with Gasteiger partial charge in [-0.2, -0.15) is 0 Å². The zero-order valence-corrected chi connectivity index (χ0v) is 14.9. The van der Waals surface area contributed by atoms with E-state index in [1.54, 1.807) is 0 Å². The van der Waals surface area contributed by atoms with Crippen LogP contribution in [0.4, 0.5) is 5.69 Å². The molecule has 3 heterocycles. The molecule has 0 aliphatic carbocycles. The predicted molar refractivity (Wildman–Crippen MR) is 101 cm³/mol. The summed E-state index contributed by atoms with van der Waals surface area (Å²) < 4.78 is 0. The molecular formula is C20H24N4O2. The maximum absolute atomic E-state index is 12.9. The molecule has 4 rings (SSSR count). The van der Waals surface area contributed by atoms with Crippen LogP contribution in [0, 0.1) is 0 Å². The van der Waals surface area contributed by atoms with Crippen molar-refractivity contribution in [2.75, 3.05) is 31.1 Å². The van der Waals surface area contributed by atoms with E-state index in [0.29, 0.717) is 6.54 Å². The average Bonchev–Trinajstić information content (AvgIpc) is 3.22. The highest BCUT2D eigenvalue weighted by molar-refractivity contribution is 5.94. The van der Waals surface area contributed by atoms with E-state index in [1.807, 2.05) is 23.1 Å². The summed E-state index contributed by atoms with van der Waals surface area (Å²) >= 11 is 0. The quantitative estimate of drug-likeness (QED) is 0.921. The summed E-state index contributed by atoms with van der Waals surface area (Å²) in [5.41, 5.74) is 2.47. The van der Waals surface area contributed by atoms with Crippen LogP contribution in [-0.2, 0) is 0 Å². The predicted octanol–water partition coefficient (Wildman–Crippen LogP) is 2.39. The number of nitrogens with zero attached hydrogens (tertiary/aromatic N) is 3. The normalized spacial score (nSPS) is 20.4. The zero-order valence-electron chi connectivity index (χ0n) is 14.9. The van der Waals surface area contributed by atoms with E-state index in [0.717, 1.165) is 43.7 Å². The van der Waals surface area contributed by atoms with Crippen LogP contribution >= 0.6 is 0 Å². The second kappa shape index (κ2) is 7.32. The lowest BCUT2D eigenvalue weighted by Gasteiger charge is -2.32. The summed E-state index contributed by atoms with van der Waals surface area (Å²) in [5.74, 6) is 0.228. The number of carbonyl (C=O) groups is 1. The topological polar surface area (TPSA) is 69.3 Å². The zero-order chi connectivity index (χ0) is 17.9. The first kappa shape index (κ1) is 16.8. The molecule has 136 valence electrons. The van der Waals surface area contributed by atoms with E-state index in [2.05, 4.69) is 27.0 Å². The number of aromatic nitrogens is 2. The van der Waals surface area contributed by atoms with E-state index < -0.39 is 0 Å². The highest BCUT2D eigenvalue weighted by Crippen LogP contribution is 2.26. The number of rotatable bonds is 3. The molecule has 1 atom stereocenters. The molecule has 0 spiro atoms. The molecule has 6 heteroatoms. The highest BCUT2D eigenvalue weighted by atomic mass is 16.2. The van der Waals surface area contributed by atoms with Crippen LogP contribution in [0.5, 0.6) is 0 Å². The van der Waals surface area contributed by atoms with Gasteiger partial charge < -0.3 is 14.8 Å². The Hall–Kier alpha value is -2.63. The Kier molecular flexibility index (Phi) is 4.73. The second-order valence-corrected chi connectivity index (χ2v) is 7.16. The molecule has 0 radical (unpaired) electrons. The van der Waals surface area contributed by atoms with E-state index in [9.17, 15) is 9.59 Å². The van der Waals surface area contributed by atoms with Crippen LogP contribution in [0.2, 0.25) is 0 Å². The van der Waals surface area contributed by atoms with Crippen molar-refractivity contribution in [3.63, 3.8) is 0 Å². The molecule has 1 aromatic carbocycles. The van der Waals surface area contributed by atoms with Gasteiger partial charge in [0.05, 0.1) is 0 Å². The lowest BCUT2D eigenvalue weighted by atomic mass is 9.94. The van der Waals surface area contributed by atoms with Crippen molar-refractivity contribution in [3.05, 3.63) is 58.3 Å². The maximum Gasteiger partial charge on any atom is 0.345 e. The Labute approximate surface area is 152 Å². The third kappa shape index (κ3) is 3.49. The fourth-order valence-electron chi connectivity index (χ4n) is 4.01. The largest absolute Gasteiger partial charge is 0.372 e. The maximum atomic E-state index is 12.9. The van der Waals surface area contributed by atoms with Gasteiger partial charge in [0.1, 0.15) is 0 Å². The Morgan fingerprint density at radius 3 is 2.54 bits per heavy atom. The molecule has 0 saturated carbocycles. The number of aromatic amines is 1. The van der Waals surface area contributed by atoms with E-state index in [1.165, 1.54) is 24.7 Å². The van der Waals surface area contributed by atoms with Gasteiger partial charge in [-0.25, -0.2) is 9.78 Å². The van der Waals surface area contributed by atoms with Crippen molar-refractivity contribution >= 4 is 11.6 Å². The fourth-order valence-corrected chi connectivity index (χ4v) is 4.01. The van der Waals surface area contributed by atoms with Crippen LogP contribution in [0.3, 0.4) is 0 Å². The fraction of sp³-hybridized carbons (Fsp3) is 0.450. The van der Waals surface area contributed by atoms with Crippen LogP contribution in [0.15, 0.2) is 41.3 Å². The van der Waals surface area contributed by atoms with Crippen molar-refractivity contribution < 1.29 is 4.79 Å². The van der Waals surface area contributed by atoms with Gasteiger partial charge >= 0.3 is 5.69 Å². The first-order valence-electron chi connectivity index (χ1n) is 9.40. The molecule has 0 bridgehead atoms. The molecule has 2 aromatic rings. The van der Waals surface area contributed by atoms with Gasteiger partial charge in [-0.3, -0.25) is 4.79 Å². The molecule has 1 amide bonds. The number of anilines is 1. The van der Waals surface area contributed by atoms with Gasteiger partial charge in [-0.1, -0.05) is 0 Å². The summed E-state index contributed by atoms with van der Waals surface area (Å²) in [7, 11) is 0. The Balaban J connectivity index is 1.46. The molecule has 2 aliphatic rings. The third-order valence-corrected chi connectivity index (χ3v) is 5.43. The summed E-state index contributed by atoms with van der Waals surface area (Å²) in [6.07, 6.45) is 5.93. The summed E-state index contributed by atoms with van der Waals surface area (Å²) in [6, 6.07) is 9.83. The number of hydrogen-bond acceptors (Lipinski definition) is 4. The summed E-state index contributed by atoms with van der Waals surface area (Å²) in [4.78, 5) is 35.1. The van der Waals surface area contributed by atoms with Crippen LogP contribution in [0.1, 0.15) is 47.7 Å². The first-order valence-corrected chi connectivity index (χ1v) is 9.40. The van der Waals surface area contributed by atoms with Gasteiger partial charge in [-0.15, -0.1) is 0 Å². The van der Waals surface area contributed by atoms with Crippen molar-refractivity contribution in [2.45, 2.75) is 31.6 Å².